The molecule has 1 saturated heterocycles. The first-order valence-corrected chi connectivity index (χ1v) is 8.21. The molecule has 2 N–H and O–H groups in total. The van der Waals surface area contributed by atoms with E-state index in [0.29, 0.717) is 6.54 Å². The molecule has 4 nitrogen and oxygen atoms in total. The lowest BCUT2D eigenvalue weighted by atomic mass is 10.2. The van der Waals surface area contributed by atoms with Gasteiger partial charge >= 0.3 is 0 Å². The average molecular weight is 309 g/mol. The number of rotatable bonds is 6. The fourth-order valence-electron chi connectivity index (χ4n) is 2.81. The van der Waals surface area contributed by atoms with Crippen LogP contribution in [0.25, 0.3) is 0 Å². The maximum Gasteiger partial charge on any atom is 0.239 e. The molecule has 2 aromatic carbocycles. The normalized spacial score (nSPS) is 13.8. The number of carbonyl (C=O) groups excluding carboxylic acids is 1. The van der Waals surface area contributed by atoms with E-state index in [-0.39, 0.29) is 12.5 Å². The van der Waals surface area contributed by atoms with E-state index in [1.165, 1.54) is 18.5 Å². The van der Waals surface area contributed by atoms with Crippen LogP contribution in [0.2, 0.25) is 0 Å². The molecule has 23 heavy (non-hydrogen) atoms. The number of carbonyl (C=O) groups is 1. The third-order valence-corrected chi connectivity index (χ3v) is 4.12. The highest BCUT2D eigenvalue weighted by atomic mass is 16.1. The van der Waals surface area contributed by atoms with E-state index in [2.05, 4.69) is 27.7 Å². The number of nitrogens with one attached hydrogen (secondary N) is 2. The molecule has 4 heteroatoms. The highest BCUT2D eigenvalue weighted by molar-refractivity contribution is 5.80. The van der Waals surface area contributed by atoms with Crippen molar-refractivity contribution < 1.29 is 4.79 Å². The average Bonchev–Trinajstić information content (AvgIpc) is 3.14. The number of hydrogen-bond donors (Lipinski definition) is 2. The minimum Gasteiger partial charge on any atom is -0.376 e. The molecule has 3 rings (SSSR count). The van der Waals surface area contributed by atoms with Crippen LogP contribution in [0.4, 0.5) is 11.4 Å². The second kappa shape index (κ2) is 7.68. The molecular weight excluding hydrogens is 286 g/mol. The van der Waals surface area contributed by atoms with E-state index in [1.54, 1.807) is 0 Å². The molecule has 0 radical (unpaired) electrons. The first-order valence-electron chi connectivity index (χ1n) is 8.21. The zero-order valence-corrected chi connectivity index (χ0v) is 13.3. The number of amides is 1. The van der Waals surface area contributed by atoms with Gasteiger partial charge in [0.1, 0.15) is 0 Å². The standard InChI is InChI=1S/C19H23N3O/c23-19(21-14-16-6-2-1-3-7-16)15-20-17-8-10-18(11-9-17)22-12-4-5-13-22/h1-3,6-11,20H,4-5,12-15H2,(H,21,23). The van der Waals surface area contributed by atoms with Gasteiger partial charge in [0.15, 0.2) is 0 Å². The Bertz CT molecular complexity index is 619. The van der Waals surface area contributed by atoms with Crippen molar-refractivity contribution in [1.82, 2.24) is 5.32 Å². The van der Waals surface area contributed by atoms with E-state index < -0.39 is 0 Å². The summed E-state index contributed by atoms with van der Waals surface area (Å²) in [7, 11) is 0. The highest BCUT2D eigenvalue weighted by Crippen LogP contribution is 2.21. The second-order valence-corrected chi connectivity index (χ2v) is 5.86. The topological polar surface area (TPSA) is 44.4 Å². The lowest BCUT2D eigenvalue weighted by Gasteiger charge is -2.18. The Hall–Kier alpha value is -2.49. The Morgan fingerprint density at radius 3 is 2.35 bits per heavy atom. The number of benzene rings is 2. The van der Waals surface area contributed by atoms with Gasteiger partial charge in [0.2, 0.25) is 5.91 Å². The van der Waals surface area contributed by atoms with Crippen molar-refractivity contribution in [2.75, 3.05) is 29.9 Å². The van der Waals surface area contributed by atoms with Gasteiger partial charge in [0.05, 0.1) is 6.54 Å². The molecule has 0 bridgehead atoms. The van der Waals surface area contributed by atoms with E-state index in [4.69, 9.17) is 0 Å². The largest absolute Gasteiger partial charge is 0.376 e. The Kier molecular flexibility index (Phi) is 5.14. The molecule has 0 unspecified atom stereocenters. The number of hydrogen-bond acceptors (Lipinski definition) is 3. The van der Waals surface area contributed by atoms with Crippen LogP contribution >= 0.6 is 0 Å². The Labute approximate surface area is 137 Å². The molecule has 1 heterocycles. The second-order valence-electron chi connectivity index (χ2n) is 5.86. The molecule has 0 saturated carbocycles. The predicted octanol–water partition coefficient (Wildman–Crippen LogP) is 3.02. The van der Waals surface area contributed by atoms with Gasteiger partial charge in [0, 0.05) is 31.0 Å². The van der Waals surface area contributed by atoms with E-state index in [9.17, 15) is 4.79 Å². The lowest BCUT2D eigenvalue weighted by molar-refractivity contribution is -0.119. The van der Waals surface area contributed by atoms with Gasteiger partial charge in [-0.05, 0) is 42.7 Å². The van der Waals surface area contributed by atoms with Crippen molar-refractivity contribution in [2.24, 2.45) is 0 Å². The quantitative estimate of drug-likeness (QED) is 0.862. The summed E-state index contributed by atoms with van der Waals surface area (Å²) >= 11 is 0. The van der Waals surface area contributed by atoms with Crippen molar-refractivity contribution in [3.05, 3.63) is 60.2 Å². The summed E-state index contributed by atoms with van der Waals surface area (Å²) < 4.78 is 0. The summed E-state index contributed by atoms with van der Waals surface area (Å²) in [5, 5.41) is 6.08. The van der Waals surface area contributed by atoms with Crippen LogP contribution in [-0.2, 0) is 11.3 Å². The third-order valence-electron chi connectivity index (χ3n) is 4.12. The van der Waals surface area contributed by atoms with Crippen LogP contribution in [0, 0.1) is 0 Å². The minimum atomic E-state index is -0.00234. The Morgan fingerprint density at radius 1 is 0.957 bits per heavy atom. The van der Waals surface area contributed by atoms with E-state index >= 15 is 0 Å². The summed E-state index contributed by atoms with van der Waals surface area (Å²) in [6.45, 7) is 3.15. The van der Waals surface area contributed by atoms with Gasteiger partial charge in [-0.25, -0.2) is 0 Å². The van der Waals surface area contributed by atoms with Crippen molar-refractivity contribution in [3.63, 3.8) is 0 Å². The molecular formula is C19H23N3O. The lowest BCUT2D eigenvalue weighted by Crippen LogP contribution is -2.29. The fraction of sp³-hybridized carbons (Fsp3) is 0.316. The van der Waals surface area contributed by atoms with Crippen LogP contribution in [0.3, 0.4) is 0 Å². The summed E-state index contributed by atoms with van der Waals surface area (Å²) in [6, 6.07) is 18.2. The van der Waals surface area contributed by atoms with Crippen molar-refractivity contribution in [3.8, 4) is 0 Å². The van der Waals surface area contributed by atoms with Crippen LogP contribution in [-0.4, -0.2) is 25.5 Å². The predicted molar refractivity (Wildman–Crippen MR) is 94.7 cm³/mol. The van der Waals surface area contributed by atoms with E-state index in [0.717, 1.165) is 24.3 Å². The van der Waals surface area contributed by atoms with Crippen LogP contribution in [0.5, 0.6) is 0 Å². The molecule has 0 atom stereocenters. The SMILES string of the molecule is O=C(CNc1ccc(N2CCCC2)cc1)NCc1ccccc1. The van der Waals surface area contributed by atoms with Gasteiger partial charge in [-0.15, -0.1) is 0 Å². The molecule has 1 aliphatic heterocycles. The molecule has 0 aromatic heterocycles. The highest BCUT2D eigenvalue weighted by Gasteiger charge is 2.11. The van der Waals surface area contributed by atoms with E-state index in [1.807, 2.05) is 42.5 Å². The molecule has 0 spiro atoms. The van der Waals surface area contributed by atoms with Crippen LogP contribution in [0.1, 0.15) is 18.4 Å². The zero-order chi connectivity index (χ0) is 15.9. The molecule has 2 aromatic rings. The number of anilines is 2. The molecule has 1 aliphatic rings. The minimum absolute atomic E-state index is 0.00234. The summed E-state index contributed by atoms with van der Waals surface area (Å²) in [6.07, 6.45) is 2.56. The van der Waals surface area contributed by atoms with Crippen molar-refractivity contribution in [2.45, 2.75) is 19.4 Å². The first-order chi connectivity index (χ1) is 11.3. The third kappa shape index (κ3) is 4.49. The number of nitrogens with zero attached hydrogens (tertiary/aromatic N) is 1. The zero-order valence-electron chi connectivity index (χ0n) is 13.3. The Balaban J connectivity index is 1.43. The van der Waals surface area contributed by atoms with Gasteiger partial charge in [-0.1, -0.05) is 30.3 Å². The molecule has 0 aliphatic carbocycles. The van der Waals surface area contributed by atoms with Crippen molar-refractivity contribution >= 4 is 17.3 Å². The van der Waals surface area contributed by atoms with Gasteiger partial charge < -0.3 is 15.5 Å². The Morgan fingerprint density at radius 2 is 1.65 bits per heavy atom. The first kappa shape index (κ1) is 15.4. The van der Waals surface area contributed by atoms with Crippen LogP contribution < -0.4 is 15.5 Å². The smallest absolute Gasteiger partial charge is 0.239 e. The molecule has 120 valence electrons. The summed E-state index contributed by atoms with van der Waals surface area (Å²) in [5.41, 5.74) is 3.35. The monoisotopic (exact) mass is 309 g/mol. The maximum atomic E-state index is 11.9. The summed E-state index contributed by atoms with van der Waals surface area (Å²) in [4.78, 5) is 14.3. The van der Waals surface area contributed by atoms with Crippen LogP contribution in [0.15, 0.2) is 54.6 Å². The van der Waals surface area contributed by atoms with Gasteiger partial charge in [-0.3, -0.25) is 4.79 Å². The fourth-order valence-corrected chi connectivity index (χ4v) is 2.81. The molecule has 1 fully saturated rings. The summed E-state index contributed by atoms with van der Waals surface area (Å²) in [5.74, 6) is -0.00234. The molecule has 1 amide bonds. The van der Waals surface area contributed by atoms with Crippen molar-refractivity contribution in [1.29, 1.82) is 0 Å². The maximum absolute atomic E-state index is 11.9. The van der Waals surface area contributed by atoms with Gasteiger partial charge in [0.25, 0.3) is 0 Å². The van der Waals surface area contributed by atoms with Gasteiger partial charge in [-0.2, -0.15) is 0 Å².